The van der Waals surface area contributed by atoms with E-state index in [1.165, 1.54) is 18.2 Å². The molecule has 1 aliphatic rings. The zero-order chi connectivity index (χ0) is 26.6. The number of piperidine rings is 1. The van der Waals surface area contributed by atoms with E-state index in [9.17, 15) is 14.0 Å². The molecule has 0 saturated carbocycles. The van der Waals surface area contributed by atoms with Gasteiger partial charge in [-0.05, 0) is 43.0 Å². The van der Waals surface area contributed by atoms with E-state index in [0.717, 1.165) is 41.1 Å². The third kappa shape index (κ3) is 7.07. The molecule has 4 rings (SSSR count). The predicted octanol–water partition coefficient (Wildman–Crippen LogP) is 6.08. The van der Waals surface area contributed by atoms with E-state index in [0.29, 0.717) is 30.7 Å². The van der Waals surface area contributed by atoms with Crippen molar-refractivity contribution in [2.75, 3.05) is 18.4 Å². The van der Waals surface area contributed by atoms with Crippen molar-refractivity contribution in [2.24, 2.45) is 5.92 Å². The fourth-order valence-corrected chi connectivity index (χ4v) is 5.92. The van der Waals surface area contributed by atoms with Crippen molar-refractivity contribution in [1.82, 2.24) is 14.9 Å². The number of anilines is 1. The van der Waals surface area contributed by atoms with Crippen LogP contribution in [0.4, 0.5) is 10.1 Å². The number of hydrogen-bond donors (Lipinski definition) is 1. The van der Waals surface area contributed by atoms with E-state index in [4.69, 9.17) is 9.40 Å². The van der Waals surface area contributed by atoms with Crippen LogP contribution in [0.1, 0.15) is 60.6 Å². The minimum absolute atomic E-state index is 0.0212. The van der Waals surface area contributed by atoms with Crippen molar-refractivity contribution in [1.29, 1.82) is 0 Å². The highest BCUT2D eigenvalue weighted by molar-refractivity contribution is 7.98. The number of aromatic nitrogens is 2. The highest BCUT2D eigenvalue weighted by atomic mass is 32.2. The number of amides is 2. The number of carbonyl (C=O) groups excluding carboxylic acids is 2. The molecule has 37 heavy (non-hydrogen) atoms. The van der Waals surface area contributed by atoms with E-state index >= 15 is 0 Å². The monoisotopic (exact) mass is 542 g/mol. The molecule has 7 nitrogen and oxygen atoms in total. The van der Waals surface area contributed by atoms with Crippen molar-refractivity contribution < 1.29 is 18.4 Å². The summed E-state index contributed by atoms with van der Waals surface area (Å²) in [7, 11) is 0. The molecule has 1 aromatic carbocycles. The molecule has 1 aliphatic heterocycles. The molecule has 0 aliphatic carbocycles. The van der Waals surface area contributed by atoms with Crippen molar-refractivity contribution in [3.8, 4) is 0 Å². The number of nitrogens with one attached hydrogen (secondary N) is 1. The van der Waals surface area contributed by atoms with Gasteiger partial charge >= 0.3 is 0 Å². The van der Waals surface area contributed by atoms with Crippen molar-refractivity contribution in [3.63, 3.8) is 0 Å². The normalized spacial score (nSPS) is 16.0. The Bertz CT molecular complexity index is 1280. The number of benzene rings is 1. The second-order valence-electron chi connectivity index (χ2n) is 10.1. The first-order valence-electron chi connectivity index (χ1n) is 12.2. The van der Waals surface area contributed by atoms with Gasteiger partial charge in [-0.3, -0.25) is 9.59 Å². The Balaban J connectivity index is 1.31. The van der Waals surface area contributed by atoms with E-state index in [-0.39, 0.29) is 22.6 Å². The molecule has 2 amide bonds. The van der Waals surface area contributed by atoms with Crippen LogP contribution < -0.4 is 5.32 Å². The molecule has 3 heterocycles. The first kappa shape index (κ1) is 27.1. The summed E-state index contributed by atoms with van der Waals surface area (Å²) in [4.78, 5) is 35.4. The lowest BCUT2D eigenvalue weighted by Gasteiger charge is -2.32. The Kier molecular flexibility index (Phi) is 8.49. The van der Waals surface area contributed by atoms with Crippen LogP contribution in [0.3, 0.4) is 0 Å². The van der Waals surface area contributed by atoms with Gasteiger partial charge in [0.25, 0.3) is 5.91 Å². The van der Waals surface area contributed by atoms with Gasteiger partial charge in [0.2, 0.25) is 11.8 Å². The summed E-state index contributed by atoms with van der Waals surface area (Å²) in [6.45, 7) is 10.9. The summed E-state index contributed by atoms with van der Waals surface area (Å²) in [5, 5.41) is 6.43. The Labute approximate surface area is 224 Å². The summed E-state index contributed by atoms with van der Waals surface area (Å²) in [6, 6.07) is 4.12. The Morgan fingerprint density at radius 2 is 2.19 bits per heavy atom. The van der Waals surface area contributed by atoms with Crippen molar-refractivity contribution in [2.45, 2.75) is 56.2 Å². The average Bonchev–Trinajstić information content (AvgIpc) is 3.53. The molecule has 3 aromatic rings. The molecule has 0 unspecified atom stereocenters. The smallest absolute Gasteiger partial charge is 0.253 e. The van der Waals surface area contributed by atoms with Gasteiger partial charge in [0.15, 0.2) is 0 Å². The standard InChI is InChI=1S/C27H31FN4O3S2/c1-5-22(33)30-20-9-8-18(12-19(20)28)26(34)32-10-6-7-17(14-32)11-24-31-25(16-37-24)36-15-23-29-13-21(35-23)27(2,3)4/h5,8-9,12-13,16-17H,1,6-7,10-11,14-15H2,2-4H3,(H,30,33)/t17-/m0/s1. The number of carbonyl (C=O) groups is 2. The van der Waals surface area contributed by atoms with Crippen LogP contribution in [-0.2, 0) is 22.4 Å². The summed E-state index contributed by atoms with van der Waals surface area (Å²) < 4.78 is 20.3. The molecule has 2 aromatic heterocycles. The number of nitrogens with zero attached hydrogens (tertiary/aromatic N) is 3. The molecular formula is C27H31FN4O3S2. The average molecular weight is 543 g/mol. The molecule has 0 bridgehead atoms. The van der Waals surface area contributed by atoms with E-state index in [2.05, 4.69) is 43.0 Å². The van der Waals surface area contributed by atoms with Gasteiger partial charge in [-0.2, -0.15) is 0 Å². The van der Waals surface area contributed by atoms with Gasteiger partial charge < -0.3 is 14.6 Å². The van der Waals surface area contributed by atoms with Crippen LogP contribution in [0.15, 0.2) is 51.9 Å². The first-order valence-corrected chi connectivity index (χ1v) is 14.0. The van der Waals surface area contributed by atoms with Crippen LogP contribution in [0.2, 0.25) is 0 Å². The molecule has 1 N–H and O–H groups in total. The van der Waals surface area contributed by atoms with Crippen LogP contribution in [-0.4, -0.2) is 39.8 Å². The van der Waals surface area contributed by atoms with Crippen molar-refractivity contribution in [3.05, 3.63) is 70.5 Å². The number of oxazole rings is 1. The maximum atomic E-state index is 14.4. The SMILES string of the molecule is C=CC(=O)Nc1ccc(C(=O)N2CCC[C@@H](Cc3nc(SCc4ncc(C(C)(C)C)o4)cs3)C2)cc1F. The number of likely N-dealkylation sites (tertiary alicyclic amines) is 1. The fourth-order valence-electron chi connectivity index (χ4n) is 4.09. The lowest BCUT2D eigenvalue weighted by molar-refractivity contribution is -0.111. The number of hydrogen-bond acceptors (Lipinski definition) is 7. The largest absolute Gasteiger partial charge is 0.444 e. The summed E-state index contributed by atoms with van der Waals surface area (Å²) in [5.74, 6) is 1.11. The van der Waals surface area contributed by atoms with Crippen LogP contribution in [0.25, 0.3) is 0 Å². The molecular weight excluding hydrogens is 511 g/mol. The lowest BCUT2D eigenvalue weighted by Crippen LogP contribution is -2.40. The second-order valence-corrected chi connectivity index (χ2v) is 12.0. The third-order valence-corrected chi connectivity index (χ3v) is 8.01. The Morgan fingerprint density at radius 3 is 2.89 bits per heavy atom. The third-order valence-electron chi connectivity index (χ3n) is 6.10. The zero-order valence-corrected chi connectivity index (χ0v) is 22.9. The summed E-state index contributed by atoms with van der Waals surface area (Å²) >= 11 is 3.23. The fraction of sp³-hybridized carbons (Fsp3) is 0.407. The molecule has 196 valence electrons. The highest BCUT2D eigenvalue weighted by Gasteiger charge is 2.26. The van der Waals surface area contributed by atoms with Gasteiger partial charge in [-0.25, -0.2) is 14.4 Å². The highest BCUT2D eigenvalue weighted by Crippen LogP contribution is 2.30. The molecule has 1 saturated heterocycles. The lowest BCUT2D eigenvalue weighted by atomic mass is 9.94. The maximum Gasteiger partial charge on any atom is 0.253 e. The van der Waals surface area contributed by atoms with Gasteiger partial charge in [-0.15, -0.1) is 11.3 Å². The summed E-state index contributed by atoms with van der Waals surface area (Å²) in [5.41, 5.74) is 0.219. The molecule has 1 fully saturated rings. The predicted molar refractivity (Wildman–Crippen MR) is 144 cm³/mol. The van der Waals surface area contributed by atoms with E-state index < -0.39 is 11.7 Å². The van der Waals surface area contributed by atoms with E-state index in [1.54, 1.807) is 34.2 Å². The second kappa shape index (κ2) is 11.6. The Hall–Kier alpha value is -2.98. The van der Waals surface area contributed by atoms with E-state index in [1.807, 2.05) is 0 Å². The van der Waals surface area contributed by atoms with Gasteiger partial charge in [0.05, 0.1) is 22.6 Å². The van der Waals surface area contributed by atoms with Crippen molar-refractivity contribution >= 4 is 40.6 Å². The Morgan fingerprint density at radius 1 is 1.38 bits per heavy atom. The molecule has 0 radical (unpaired) electrons. The molecule has 1 atom stereocenters. The van der Waals surface area contributed by atoms with Gasteiger partial charge in [-0.1, -0.05) is 39.1 Å². The number of rotatable bonds is 8. The topological polar surface area (TPSA) is 88.3 Å². The van der Waals surface area contributed by atoms with Crippen LogP contribution >= 0.6 is 23.1 Å². The zero-order valence-electron chi connectivity index (χ0n) is 21.3. The van der Waals surface area contributed by atoms with Gasteiger partial charge in [0, 0.05) is 35.9 Å². The van der Waals surface area contributed by atoms with Gasteiger partial charge in [0.1, 0.15) is 16.6 Å². The summed E-state index contributed by atoms with van der Waals surface area (Å²) in [6.07, 6.45) is 5.55. The quantitative estimate of drug-likeness (QED) is 0.274. The minimum Gasteiger partial charge on any atom is -0.444 e. The number of thioether (sulfide) groups is 1. The number of halogens is 1. The maximum absolute atomic E-state index is 14.4. The first-order chi connectivity index (χ1) is 17.6. The number of thiazole rings is 1. The molecule has 0 spiro atoms. The van der Waals surface area contributed by atoms with Crippen LogP contribution in [0.5, 0.6) is 0 Å². The molecule has 10 heteroatoms. The minimum atomic E-state index is -0.651. The van der Waals surface area contributed by atoms with Crippen LogP contribution in [0, 0.1) is 11.7 Å².